The highest BCUT2D eigenvalue weighted by Crippen LogP contribution is 2.21. The molecular formula is C13H26N2O3S. The van der Waals surface area contributed by atoms with Crippen LogP contribution in [0.1, 0.15) is 51.9 Å². The van der Waals surface area contributed by atoms with Crippen LogP contribution in [0.15, 0.2) is 0 Å². The van der Waals surface area contributed by atoms with Gasteiger partial charge in [0.2, 0.25) is 0 Å². The van der Waals surface area contributed by atoms with E-state index in [9.17, 15) is 13.5 Å². The number of hydrogen-bond donors (Lipinski definition) is 2. The van der Waals surface area contributed by atoms with Crippen LogP contribution in [0, 0.1) is 5.92 Å². The van der Waals surface area contributed by atoms with E-state index in [0.29, 0.717) is 25.4 Å². The molecule has 1 aliphatic heterocycles. The van der Waals surface area contributed by atoms with Crippen molar-refractivity contribution >= 4 is 10.2 Å². The number of rotatable bonds is 3. The summed E-state index contributed by atoms with van der Waals surface area (Å²) in [5.41, 5.74) is 0. The molecule has 2 aliphatic rings. The second-order valence-electron chi connectivity index (χ2n) is 6.02. The average Bonchev–Trinajstić information content (AvgIpc) is 2.55. The summed E-state index contributed by atoms with van der Waals surface area (Å²) in [7, 11) is -3.43. The number of aliphatic hydroxyl groups excluding tert-OH is 1. The van der Waals surface area contributed by atoms with Crippen LogP contribution in [0.25, 0.3) is 0 Å². The van der Waals surface area contributed by atoms with E-state index in [1.807, 2.05) is 0 Å². The summed E-state index contributed by atoms with van der Waals surface area (Å²) < 4.78 is 28.9. The molecule has 1 saturated heterocycles. The lowest BCUT2D eigenvalue weighted by Gasteiger charge is -2.31. The van der Waals surface area contributed by atoms with Gasteiger partial charge in [-0.3, -0.25) is 0 Å². The number of aliphatic hydroxyl groups is 1. The van der Waals surface area contributed by atoms with Crippen LogP contribution in [0.3, 0.4) is 0 Å². The lowest BCUT2D eigenvalue weighted by Crippen LogP contribution is -2.51. The van der Waals surface area contributed by atoms with Gasteiger partial charge in [-0.25, -0.2) is 0 Å². The Bertz CT molecular complexity index is 377. The zero-order valence-electron chi connectivity index (χ0n) is 11.7. The third kappa shape index (κ3) is 4.15. The van der Waals surface area contributed by atoms with Gasteiger partial charge in [0.05, 0.1) is 6.10 Å². The molecule has 0 radical (unpaired) electrons. The van der Waals surface area contributed by atoms with E-state index < -0.39 is 16.3 Å². The van der Waals surface area contributed by atoms with E-state index in [0.717, 1.165) is 38.5 Å². The van der Waals surface area contributed by atoms with Crippen LogP contribution in [0.5, 0.6) is 0 Å². The fraction of sp³-hybridized carbons (Fsp3) is 1.00. The van der Waals surface area contributed by atoms with E-state index >= 15 is 0 Å². The summed E-state index contributed by atoms with van der Waals surface area (Å²) in [5, 5.41) is 10.0. The van der Waals surface area contributed by atoms with Gasteiger partial charge in [0, 0.05) is 19.1 Å². The Balaban J connectivity index is 1.95. The van der Waals surface area contributed by atoms with E-state index in [2.05, 4.69) is 11.6 Å². The molecule has 0 aromatic heterocycles. The van der Waals surface area contributed by atoms with Crippen molar-refractivity contribution in [3.63, 3.8) is 0 Å². The third-order valence-electron chi connectivity index (χ3n) is 4.36. The summed E-state index contributed by atoms with van der Waals surface area (Å²) in [6, 6.07) is -0.313. The Hall–Kier alpha value is -0.170. The van der Waals surface area contributed by atoms with Crippen molar-refractivity contribution in [3.8, 4) is 0 Å². The SMILES string of the molecule is CC1CCN(S(=O)(=O)NC2CCCCCC2O)CC1. The molecule has 6 heteroatoms. The fourth-order valence-electron chi connectivity index (χ4n) is 2.92. The van der Waals surface area contributed by atoms with Crippen molar-refractivity contribution in [2.45, 2.75) is 64.0 Å². The van der Waals surface area contributed by atoms with E-state index in [1.165, 1.54) is 4.31 Å². The van der Waals surface area contributed by atoms with Crippen molar-refractivity contribution in [1.82, 2.24) is 9.03 Å². The van der Waals surface area contributed by atoms with Crippen LogP contribution in [0.2, 0.25) is 0 Å². The highest BCUT2D eigenvalue weighted by molar-refractivity contribution is 7.87. The standard InChI is InChI=1S/C13H26N2O3S/c1-11-7-9-15(10-8-11)19(17,18)14-12-5-3-2-4-6-13(12)16/h11-14,16H,2-10H2,1H3. The zero-order chi connectivity index (χ0) is 13.9. The zero-order valence-corrected chi connectivity index (χ0v) is 12.5. The summed E-state index contributed by atoms with van der Waals surface area (Å²) in [6.07, 6.45) is 5.80. The summed E-state index contributed by atoms with van der Waals surface area (Å²) >= 11 is 0. The summed E-state index contributed by atoms with van der Waals surface area (Å²) in [4.78, 5) is 0. The molecule has 1 heterocycles. The molecular weight excluding hydrogens is 264 g/mol. The third-order valence-corrected chi connectivity index (χ3v) is 6.01. The first-order valence-electron chi connectivity index (χ1n) is 7.44. The van der Waals surface area contributed by atoms with Crippen LogP contribution in [-0.2, 0) is 10.2 Å². The van der Waals surface area contributed by atoms with Gasteiger partial charge >= 0.3 is 0 Å². The predicted octanol–water partition coefficient (Wildman–Crippen LogP) is 1.25. The Morgan fingerprint density at radius 3 is 2.37 bits per heavy atom. The van der Waals surface area contributed by atoms with E-state index in [-0.39, 0.29) is 6.04 Å². The lowest BCUT2D eigenvalue weighted by molar-refractivity contribution is 0.128. The minimum atomic E-state index is -3.43. The minimum absolute atomic E-state index is 0.313. The molecule has 0 spiro atoms. The van der Waals surface area contributed by atoms with Crippen molar-refractivity contribution < 1.29 is 13.5 Å². The minimum Gasteiger partial charge on any atom is -0.391 e. The molecule has 0 amide bonds. The number of hydrogen-bond acceptors (Lipinski definition) is 3. The molecule has 2 rings (SSSR count). The molecule has 2 fully saturated rings. The normalized spacial score (nSPS) is 32.1. The topological polar surface area (TPSA) is 69.6 Å². The van der Waals surface area contributed by atoms with Crippen LogP contribution in [0.4, 0.5) is 0 Å². The smallest absolute Gasteiger partial charge is 0.279 e. The van der Waals surface area contributed by atoms with Gasteiger partial charge in [0.25, 0.3) is 10.2 Å². The molecule has 5 nitrogen and oxygen atoms in total. The van der Waals surface area contributed by atoms with E-state index in [4.69, 9.17) is 0 Å². The van der Waals surface area contributed by atoms with Crippen molar-refractivity contribution in [2.75, 3.05) is 13.1 Å². The van der Waals surface area contributed by atoms with Crippen molar-refractivity contribution in [1.29, 1.82) is 0 Å². The van der Waals surface area contributed by atoms with Crippen molar-refractivity contribution in [2.24, 2.45) is 5.92 Å². The molecule has 0 bridgehead atoms. The first-order valence-corrected chi connectivity index (χ1v) is 8.88. The number of nitrogens with zero attached hydrogens (tertiary/aromatic N) is 1. The highest BCUT2D eigenvalue weighted by atomic mass is 32.2. The molecule has 1 aliphatic carbocycles. The molecule has 2 unspecified atom stereocenters. The molecule has 112 valence electrons. The second-order valence-corrected chi connectivity index (χ2v) is 7.72. The second kappa shape index (κ2) is 6.52. The quantitative estimate of drug-likeness (QED) is 0.769. The Kier molecular flexibility index (Phi) is 5.22. The van der Waals surface area contributed by atoms with E-state index in [1.54, 1.807) is 0 Å². The molecule has 19 heavy (non-hydrogen) atoms. The van der Waals surface area contributed by atoms with Gasteiger partial charge in [-0.1, -0.05) is 26.2 Å². The maximum Gasteiger partial charge on any atom is 0.279 e. The summed E-state index contributed by atoms with van der Waals surface area (Å²) in [6.45, 7) is 3.35. The Morgan fingerprint density at radius 1 is 1.05 bits per heavy atom. The first kappa shape index (κ1) is 15.2. The van der Waals surface area contributed by atoms with Crippen molar-refractivity contribution in [3.05, 3.63) is 0 Å². The maximum absolute atomic E-state index is 12.3. The molecule has 1 saturated carbocycles. The van der Waals surface area contributed by atoms with Gasteiger partial charge in [-0.2, -0.15) is 17.4 Å². The largest absolute Gasteiger partial charge is 0.391 e. The van der Waals surface area contributed by atoms with Crippen LogP contribution >= 0.6 is 0 Å². The maximum atomic E-state index is 12.3. The fourth-order valence-corrected chi connectivity index (χ4v) is 4.41. The number of piperidine rings is 1. The summed E-state index contributed by atoms with van der Waals surface area (Å²) in [5.74, 6) is 0.606. The van der Waals surface area contributed by atoms with Gasteiger partial charge in [0.1, 0.15) is 0 Å². The van der Waals surface area contributed by atoms with Crippen LogP contribution in [-0.4, -0.2) is 43.1 Å². The van der Waals surface area contributed by atoms with Crippen LogP contribution < -0.4 is 4.72 Å². The Labute approximate surface area is 116 Å². The Morgan fingerprint density at radius 2 is 1.68 bits per heavy atom. The van der Waals surface area contributed by atoms with Gasteiger partial charge in [-0.05, 0) is 31.6 Å². The molecule has 0 aromatic carbocycles. The monoisotopic (exact) mass is 290 g/mol. The molecule has 2 N–H and O–H groups in total. The molecule has 2 atom stereocenters. The average molecular weight is 290 g/mol. The van der Waals surface area contributed by atoms with Gasteiger partial charge in [0.15, 0.2) is 0 Å². The predicted molar refractivity (Wildman–Crippen MR) is 74.9 cm³/mol. The number of nitrogens with one attached hydrogen (secondary N) is 1. The van der Waals surface area contributed by atoms with Gasteiger partial charge < -0.3 is 5.11 Å². The van der Waals surface area contributed by atoms with Gasteiger partial charge in [-0.15, -0.1) is 0 Å². The highest BCUT2D eigenvalue weighted by Gasteiger charge is 2.31. The molecule has 0 aromatic rings. The first-order chi connectivity index (χ1) is 8.99. The lowest BCUT2D eigenvalue weighted by atomic mass is 10.0.